The zero-order chi connectivity index (χ0) is 13.6. The molecule has 1 fully saturated rings. The minimum atomic E-state index is -1.65. The van der Waals surface area contributed by atoms with Crippen molar-refractivity contribution in [3.8, 4) is 0 Å². The molecule has 4 nitrogen and oxygen atoms in total. The molecule has 0 saturated carbocycles. The molecule has 2 heterocycles. The fourth-order valence-corrected chi connectivity index (χ4v) is 3.02. The van der Waals surface area contributed by atoms with Crippen molar-refractivity contribution >= 4 is 5.97 Å². The number of carbonyl (C=O) groups excluding carboxylic acids is 1. The van der Waals surface area contributed by atoms with Gasteiger partial charge in [0.05, 0.1) is 11.7 Å². The van der Waals surface area contributed by atoms with Crippen LogP contribution >= 0.6 is 0 Å². The summed E-state index contributed by atoms with van der Waals surface area (Å²) in [5, 5.41) is 10.9. The summed E-state index contributed by atoms with van der Waals surface area (Å²) in [7, 11) is 0. The molecule has 0 aromatic heterocycles. The first-order valence-electron chi connectivity index (χ1n) is 6.73. The fraction of sp³-hybridized carbons (Fsp3) is 0.533. The van der Waals surface area contributed by atoms with Gasteiger partial charge >= 0.3 is 5.97 Å². The van der Waals surface area contributed by atoms with Gasteiger partial charge in [0.25, 0.3) is 5.79 Å². The van der Waals surface area contributed by atoms with Crippen molar-refractivity contribution in [2.75, 3.05) is 0 Å². The largest absolute Gasteiger partial charge is 0.422 e. The lowest BCUT2D eigenvalue weighted by atomic mass is 9.85. The summed E-state index contributed by atoms with van der Waals surface area (Å²) >= 11 is 0. The van der Waals surface area contributed by atoms with E-state index in [1.54, 1.807) is 24.3 Å². The summed E-state index contributed by atoms with van der Waals surface area (Å²) in [6.45, 7) is 3.99. The molecule has 0 radical (unpaired) electrons. The summed E-state index contributed by atoms with van der Waals surface area (Å²) in [6, 6.07) is 6.96. The quantitative estimate of drug-likeness (QED) is 0.788. The number of rotatable bonds is 1. The predicted molar refractivity (Wildman–Crippen MR) is 68.5 cm³/mol. The smallest absolute Gasteiger partial charge is 0.341 e. The van der Waals surface area contributed by atoms with Gasteiger partial charge in [-0.1, -0.05) is 25.1 Å². The monoisotopic (exact) mass is 262 g/mol. The summed E-state index contributed by atoms with van der Waals surface area (Å²) in [6.07, 6.45) is 1.47. The highest BCUT2D eigenvalue weighted by atomic mass is 16.7. The molecule has 0 bridgehead atoms. The van der Waals surface area contributed by atoms with E-state index in [2.05, 4.69) is 0 Å². The Bertz CT molecular complexity index is 513. The predicted octanol–water partition coefficient (Wildman–Crippen LogP) is 2.21. The van der Waals surface area contributed by atoms with Gasteiger partial charge in [-0.05, 0) is 31.7 Å². The van der Waals surface area contributed by atoms with Crippen molar-refractivity contribution < 1.29 is 19.4 Å². The minimum Gasteiger partial charge on any atom is -0.422 e. The van der Waals surface area contributed by atoms with Crippen LogP contribution in [0.1, 0.15) is 42.6 Å². The van der Waals surface area contributed by atoms with E-state index in [4.69, 9.17) is 9.47 Å². The number of cyclic esters (lactones) is 1. The summed E-state index contributed by atoms with van der Waals surface area (Å²) in [5.41, 5.74) is 0.949. The highest BCUT2D eigenvalue weighted by molar-refractivity contribution is 5.94. The van der Waals surface area contributed by atoms with Crippen LogP contribution in [0.15, 0.2) is 24.3 Å². The van der Waals surface area contributed by atoms with Gasteiger partial charge in [0.1, 0.15) is 6.10 Å². The van der Waals surface area contributed by atoms with E-state index in [0.29, 0.717) is 11.1 Å². The number of aliphatic hydroxyl groups is 1. The molecule has 2 aliphatic heterocycles. The average molecular weight is 262 g/mol. The SMILES string of the molecule is CC1CCC(C)C(C2(O)OC(=O)c3ccccc32)O1. The van der Waals surface area contributed by atoms with Crippen molar-refractivity contribution in [2.45, 2.75) is 44.7 Å². The second kappa shape index (κ2) is 4.32. The van der Waals surface area contributed by atoms with Crippen molar-refractivity contribution in [3.05, 3.63) is 35.4 Å². The van der Waals surface area contributed by atoms with E-state index in [9.17, 15) is 9.90 Å². The summed E-state index contributed by atoms with van der Waals surface area (Å²) in [4.78, 5) is 11.9. The molecular formula is C15H18O4. The van der Waals surface area contributed by atoms with Crippen LogP contribution in [0.3, 0.4) is 0 Å². The molecule has 1 aromatic rings. The van der Waals surface area contributed by atoms with Gasteiger partial charge in [0.15, 0.2) is 0 Å². The Balaban J connectivity index is 2.02. The van der Waals surface area contributed by atoms with Crippen LogP contribution in [0.25, 0.3) is 0 Å². The van der Waals surface area contributed by atoms with Gasteiger partial charge in [-0.3, -0.25) is 0 Å². The zero-order valence-electron chi connectivity index (χ0n) is 11.1. The molecule has 19 heavy (non-hydrogen) atoms. The van der Waals surface area contributed by atoms with Crippen LogP contribution in [0, 0.1) is 5.92 Å². The Morgan fingerprint density at radius 2 is 2.00 bits per heavy atom. The van der Waals surface area contributed by atoms with Crippen LogP contribution in [0.5, 0.6) is 0 Å². The van der Waals surface area contributed by atoms with Crippen molar-refractivity contribution in [1.82, 2.24) is 0 Å². The molecule has 0 amide bonds. The molecule has 4 atom stereocenters. The van der Waals surface area contributed by atoms with Gasteiger partial charge in [-0.2, -0.15) is 0 Å². The molecule has 102 valence electrons. The first-order valence-corrected chi connectivity index (χ1v) is 6.73. The van der Waals surface area contributed by atoms with E-state index >= 15 is 0 Å². The Morgan fingerprint density at radius 3 is 2.79 bits per heavy atom. The maximum atomic E-state index is 11.9. The molecule has 4 heteroatoms. The van der Waals surface area contributed by atoms with Crippen molar-refractivity contribution in [2.24, 2.45) is 5.92 Å². The summed E-state index contributed by atoms with van der Waals surface area (Å²) in [5.74, 6) is -1.99. The fourth-order valence-electron chi connectivity index (χ4n) is 3.02. The maximum absolute atomic E-state index is 11.9. The molecular weight excluding hydrogens is 244 g/mol. The third-order valence-electron chi connectivity index (χ3n) is 4.09. The minimum absolute atomic E-state index is 0.0664. The molecule has 0 aliphatic carbocycles. The molecule has 2 aliphatic rings. The lowest BCUT2D eigenvalue weighted by molar-refractivity contribution is -0.271. The molecule has 4 unspecified atom stereocenters. The van der Waals surface area contributed by atoms with Gasteiger partial charge in [-0.25, -0.2) is 4.79 Å². The lowest BCUT2D eigenvalue weighted by Gasteiger charge is -2.40. The molecule has 1 saturated heterocycles. The highest BCUT2D eigenvalue weighted by Gasteiger charge is 2.53. The topological polar surface area (TPSA) is 55.8 Å². The normalized spacial score (nSPS) is 37.8. The van der Waals surface area contributed by atoms with E-state index in [-0.39, 0.29) is 12.0 Å². The Morgan fingerprint density at radius 1 is 1.26 bits per heavy atom. The van der Waals surface area contributed by atoms with Crippen molar-refractivity contribution in [3.63, 3.8) is 0 Å². The lowest BCUT2D eigenvalue weighted by Crippen LogP contribution is -2.49. The van der Waals surface area contributed by atoms with Crippen molar-refractivity contribution in [1.29, 1.82) is 0 Å². The molecule has 1 N–H and O–H groups in total. The van der Waals surface area contributed by atoms with E-state index < -0.39 is 17.9 Å². The van der Waals surface area contributed by atoms with Gasteiger partial charge in [0.2, 0.25) is 0 Å². The number of ether oxygens (including phenoxy) is 2. The van der Waals surface area contributed by atoms with Crippen LogP contribution < -0.4 is 0 Å². The van der Waals surface area contributed by atoms with Crippen LogP contribution in [0.2, 0.25) is 0 Å². The first kappa shape index (κ1) is 12.6. The van der Waals surface area contributed by atoms with Crippen LogP contribution in [-0.4, -0.2) is 23.3 Å². The second-order valence-corrected chi connectivity index (χ2v) is 5.55. The maximum Gasteiger partial charge on any atom is 0.341 e. The Labute approximate surface area is 112 Å². The van der Waals surface area contributed by atoms with E-state index in [1.165, 1.54) is 0 Å². The zero-order valence-corrected chi connectivity index (χ0v) is 11.1. The number of esters is 1. The number of carbonyl (C=O) groups is 1. The van der Waals surface area contributed by atoms with Crippen LogP contribution in [0.4, 0.5) is 0 Å². The van der Waals surface area contributed by atoms with E-state index in [0.717, 1.165) is 12.8 Å². The Kier molecular flexibility index (Phi) is 2.87. The molecule has 1 aromatic carbocycles. The summed E-state index contributed by atoms with van der Waals surface area (Å²) < 4.78 is 11.1. The third kappa shape index (κ3) is 1.86. The number of fused-ring (bicyclic) bond motifs is 1. The number of benzene rings is 1. The standard InChI is InChI=1S/C15H18O4/c1-9-7-8-10(2)18-13(9)15(17)12-6-4-3-5-11(12)14(16)19-15/h3-6,9-10,13,17H,7-8H2,1-2H3. The molecule has 0 spiro atoms. The number of hydrogen-bond donors (Lipinski definition) is 1. The van der Waals surface area contributed by atoms with E-state index in [1.807, 2.05) is 13.8 Å². The average Bonchev–Trinajstić information content (AvgIpc) is 2.66. The number of hydrogen-bond acceptors (Lipinski definition) is 4. The second-order valence-electron chi connectivity index (χ2n) is 5.55. The van der Waals surface area contributed by atoms with Gasteiger partial charge in [-0.15, -0.1) is 0 Å². The highest BCUT2D eigenvalue weighted by Crippen LogP contribution is 2.43. The third-order valence-corrected chi connectivity index (χ3v) is 4.09. The van der Waals surface area contributed by atoms with Crippen LogP contribution in [-0.2, 0) is 15.3 Å². The first-order chi connectivity index (χ1) is 9.02. The molecule has 3 rings (SSSR count). The Hall–Kier alpha value is -1.39. The van der Waals surface area contributed by atoms with Gasteiger partial charge in [0, 0.05) is 5.56 Å². The van der Waals surface area contributed by atoms with Gasteiger partial charge < -0.3 is 14.6 Å².